The third kappa shape index (κ3) is 2.70. The van der Waals surface area contributed by atoms with E-state index in [1.165, 1.54) is 12.1 Å². The first-order chi connectivity index (χ1) is 9.41. The lowest BCUT2D eigenvalue weighted by molar-refractivity contribution is -0.384. The van der Waals surface area contributed by atoms with E-state index in [0.717, 1.165) is 12.8 Å². The third-order valence-corrected chi connectivity index (χ3v) is 3.86. The zero-order valence-electron chi connectivity index (χ0n) is 11.0. The number of aliphatic carboxylic acids is 1. The van der Waals surface area contributed by atoms with Gasteiger partial charge in [-0.1, -0.05) is 11.6 Å². The van der Waals surface area contributed by atoms with Crippen molar-refractivity contribution in [1.82, 2.24) is 0 Å². The lowest BCUT2D eigenvalue weighted by Gasteiger charge is -2.35. The summed E-state index contributed by atoms with van der Waals surface area (Å²) in [6, 6.07) is 2.29. The largest absolute Gasteiger partial charge is 0.480 e. The number of halogens is 1. The van der Waals surface area contributed by atoms with Crippen molar-refractivity contribution < 1.29 is 14.8 Å². The van der Waals surface area contributed by atoms with E-state index in [1.807, 2.05) is 0 Å². The molecule has 1 fully saturated rings. The molecule has 7 heteroatoms. The Labute approximate surface area is 121 Å². The maximum Gasteiger partial charge on any atom is 0.326 e. The van der Waals surface area contributed by atoms with E-state index >= 15 is 0 Å². The average molecular weight is 299 g/mol. The second-order valence-corrected chi connectivity index (χ2v) is 5.30. The molecule has 1 unspecified atom stereocenters. The molecule has 1 aromatic carbocycles. The van der Waals surface area contributed by atoms with Gasteiger partial charge in [0, 0.05) is 18.3 Å². The molecule has 1 aliphatic heterocycles. The van der Waals surface area contributed by atoms with E-state index in [0.29, 0.717) is 24.2 Å². The summed E-state index contributed by atoms with van der Waals surface area (Å²) in [6.45, 7) is 2.35. The quantitative estimate of drug-likeness (QED) is 0.685. The zero-order valence-corrected chi connectivity index (χ0v) is 11.8. The Balaban J connectivity index is 2.43. The molecular weight excluding hydrogens is 284 g/mol. The summed E-state index contributed by atoms with van der Waals surface area (Å²) >= 11 is 5.93. The van der Waals surface area contributed by atoms with Crippen molar-refractivity contribution in [3.05, 3.63) is 32.8 Å². The van der Waals surface area contributed by atoms with Crippen LogP contribution in [0, 0.1) is 17.0 Å². The molecule has 0 aromatic heterocycles. The number of carbonyl (C=O) groups is 1. The van der Waals surface area contributed by atoms with E-state index in [2.05, 4.69) is 0 Å². The molecule has 6 nitrogen and oxygen atoms in total. The number of carboxylic acid groups (broad SMARTS) is 1. The molecule has 0 aliphatic carbocycles. The molecule has 1 saturated heterocycles. The lowest BCUT2D eigenvalue weighted by atomic mass is 10.00. The maximum atomic E-state index is 11.3. The van der Waals surface area contributed by atoms with Crippen molar-refractivity contribution in [3.8, 4) is 0 Å². The molecule has 1 heterocycles. The highest BCUT2D eigenvalue weighted by molar-refractivity contribution is 6.33. The summed E-state index contributed by atoms with van der Waals surface area (Å²) in [5, 5.41) is 20.2. The molecule has 0 radical (unpaired) electrons. The standard InChI is InChI=1S/C13H15ClN2O4/c1-8-6-12(16(19)20)9(14)7-11(8)15-5-3-2-4-10(15)13(17)18/h6-7,10H,2-5H2,1H3,(H,17,18). The number of rotatable bonds is 3. The van der Waals surface area contributed by atoms with Gasteiger partial charge in [0.15, 0.2) is 0 Å². The Kier molecular flexibility index (Phi) is 4.13. The smallest absolute Gasteiger partial charge is 0.326 e. The van der Waals surface area contributed by atoms with Gasteiger partial charge in [0.2, 0.25) is 0 Å². The number of anilines is 1. The molecule has 1 atom stereocenters. The van der Waals surface area contributed by atoms with Crippen LogP contribution in [-0.2, 0) is 4.79 Å². The van der Waals surface area contributed by atoms with Crippen LogP contribution in [0.3, 0.4) is 0 Å². The first kappa shape index (κ1) is 14.6. The van der Waals surface area contributed by atoms with Crippen molar-refractivity contribution in [1.29, 1.82) is 0 Å². The molecule has 2 rings (SSSR count). The van der Waals surface area contributed by atoms with Crippen LogP contribution in [-0.4, -0.2) is 28.6 Å². The summed E-state index contributed by atoms with van der Waals surface area (Å²) in [5.41, 5.74) is 1.17. The minimum atomic E-state index is -0.876. The number of hydrogen-bond acceptors (Lipinski definition) is 4. The van der Waals surface area contributed by atoms with E-state index in [1.54, 1.807) is 11.8 Å². The molecule has 0 spiro atoms. The fraction of sp³-hybridized carbons (Fsp3) is 0.462. The molecule has 0 bridgehead atoms. The minimum absolute atomic E-state index is 0.0327. The fourth-order valence-corrected chi connectivity index (χ4v) is 2.81. The monoisotopic (exact) mass is 298 g/mol. The van der Waals surface area contributed by atoms with Gasteiger partial charge in [-0.25, -0.2) is 4.79 Å². The SMILES string of the molecule is Cc1cc([N+](=O)[O-])c(Cl)cc1N1CCCCC1C(=O)O. The highest BCUT2D eigenvalue weighted by Crippen LogP contribution is 2.35. The van der Waals surface area contributed by atoms with Gasteiger partial charge in [-0.3, -0.25) is 10.1 Å². The topological polar surface area (TPSA) is 83.7 Å². The molecular formula is C13H15ClN2O4. The Hall–Kier alpha value is -1.82. The Morgan fingerprint density at radius 1 is 1.50 bits per heavy atom. The van der Waals surface area contributed by atoms with Gasteiger partial charge in [-0.2, -0.15) is 0 Å². The summed E-state index contributed by atoms with van der Waals surface area (Å²) in [7, 11) is 0. The summed E-state index contributed by atoms with van der Waals surface area (Å²) in [6.07, 6.45) is 2.34. The second kappa shape index (κ2) is 5.66. The number of carboxylic acids is 1. The van der Waals surface area contributed by atoms with Crippen molar-refractivity contribution >= 4 is 28.9 Å². The Bertz CT molecular complexity index is 562. The average Bonchev–Trinajstić information content (AvgIpc) is 2.40. The van der Waals surface area contributed by atoms with Crippen LogP contribution in [0.5, 0.6) is 0 Å². The molecule has 0 amide bonds. The van der Waals surface area contributed by atoms with Gasteiger partial charge in [0.05, 0.1) is 4.92 Å². The number of aryl methyl sites for hydroxylation is 1. The van der Waals surface area contributed by atoms with Gasteiger partial charge < -0.3 is 10.0 Å². The predicted molar refractivity (Wildman–Crippen MR) is 75.5 cm³/mol. The lowest BCUT2D eigenvalue weighted by Crippen LogP contribution is -2.45. The second-order valence-electron chi connectivity index (χ2n) is 4.89. The van der Waals surface area contributed by atoms with Crippen LogP contribution in [0.15, 0.2) is 12.1 Å². The van der Waals surface area contributed by atoms with Gasteiger partial charge >= 0.3 is 5.97 Å². The van der Waals surface area contributed by atoms with E-state index < -0.39 is 16.9 Å². The van der Waals surface area contributed by atoms with E-state index in [-0.39, 0.29) is 10.7 Å². The first-order valence-electron chi connectivity index (χ1n) is 6.36. The van der Waals surface area contributed by atoms with Crippen LogP contribution in [0.2, 0.25) is 5.02 Å². The molecule has 20 heavy (non-hydrogen) atoms. The first-order valence-corrected chi connectivity index (χ1v) is 6.73. The number of nitro benzene ring substituents is 1. The van der Waals surface area contributed by atoms with Gasteiger partial charge in [0.1, 0.15) is 11.1 Å². The zero-order chi connectivity index (χ0) is 14.9. The number of nitrogens with zero attached hydrogens (tertiary/aromatic N) is 2. The van der Waals surface area contributed by atoms with Crippen LogP contribution in [0.4, 0.5) is 11.4 Å². The molecule has 0 saturated carbocycles. The Morgan fingerprint density at radius 2 is 2.20 bits per heavy atom. The Morgan fingerprint density at radius 3 is 2.80 bits per heavy atom. The van der Waals surface area contributed by atoms with Crippen LogP contribution >= 0.6 is 11.6 Å². The minimum Gasteiger partial charge on any atom is -0.480 e. The van der Waals surface area contributed by atoms with Gasteiger partial charge in [-0.05, 0) is 37.8 Å². The fourth-order valence-electron chi connectivity index (χ4n) is 2.58. The van der Waals surface area contributed by atoms with E-state index in [9.17, 15) is 20.0 Å². The number of hydrogen-bond donors (Lipinski definition) is 1. The van der Waals surface area contributed by atoms with Crippen molar-refractivity contribution in [2.24, 2.45) is 0 Å². The van der Waals surface area contributed by atoms with Gasteiger partial charge in [0.25, 0.3) is 5.69 Å². The summed E-state index contributed by atoms with van der Waals surface area (Å²) in [4.78, 5) is 23.4. The number of piperidine rings is 1. The van der Waals surface area contributed by atoms with Crippen molar-refractivity contribution in [2.45, 2.75) is 32.2 Å². The molecule has 108 valence electrons. The van der Waals surface area contributed by atoms with Crippen LogP contribution in [0.1, 0.15) is 24.8 Å². The summed E-state index contributed by atoms with van der Waals surface area (Å²) < 4.78 is 0. The molecule has 1 aliphatic rings. The van der Waals surface area contributed by atoms with Crippen LogP contribution < -0.4 is 4.90 Å². The van der Waals surface area contributed by atoms with Crippen molar-refractivity contribution in [3.63, 3.8) is 0 Å². The predicted octanol–water partition coefficient (Wildman–Crippen LogP) is 3.00. The highest BCUT2D eigenvalue weighted by Gasteiger charge is 2.30. The van der Waals surface area contributed by atoms with Gasteiger partial charge in [-0.15, -0.1) is 0 Å². The highest BCUT2D eigenvalue weighted by atomic mass is 35.5. The number of nitro groups is 1. The maximum absolute atomic E-state index is 11.3. The third-order valence-electron chi connectivity index (χ3n) is 3.56. The molecule has 1 aromatic rings. The molecule has 1 N–H and O–H groups in total. The summed E-state index contributed by atoms with van der Waals surface area (Å²) in [5.74, 6) is -0.876. The normalized spacial score (nSPS) is 18.9. The van der Waals surface area contributed by atoms with Crippen molar-refractivity contribution in [2.75, 3.05) is 11.4 Å². The number of benzene rings is 1. The van der Waals surface area contributed by atoms with E-state index in [4.69, 9.17) is 11.6 Å². The van der Waals surface area contributed by atoms with Crippen LogP contribution in [0.25, 0.3) is 0 Å².